The number of ketones is 1. The number of benzene rings is 1. The normalized spacial score (nSPS) is 13.7. The van der Waals surface area contributed by atoms with Crippen LogP contribution in [-0.4, -0.2) is 23.5 Å². The number of aliphatic hydroxyl groups excluding tert-OH is 1. The van der Waals surface area contributed by atoms with Crippen LogP contribution in [0.15, 0.2) is 24.3 Å². The Morgan fingerprint density at radius 1 is 1.13 bits per heavy atom. The van der Waals surface area contributed by atoms with Crippen LogP contribution in [0.4, 0.5) is 0 Å². The Bertz CT molecular complexity index is 459. The summed E-state index contributed by atoms with van der Waals surface area (Å²) in [6, 6.07) is 7.79. The summed E-state index contributed by atoms with van der Waals surface area (Å²) in [6.07, 6.45) is 7.08. The van der Waals surface area contributed by atoms with Gasteiger partial charge >= 0.3 is 0 Å². The molecule has 3 heteroatoms. The predicted molar refractivity (Wildman–Crippen MR) is 96.7 cm³/mol. The van der Waals surface area contributed by atoms with Gasteiger partial charge in [0, 0.05) is 12.0 Å². The molecule has 2 unspecified atom stereocenters. The Balaban J connectivity index is 2.37. The number of Topliss-reactive ketones (excluding diaryl/α,β-unsaturated/α-hetero) is 1. The molecule has 0 heterocycles. The Hall–Kier alpha value is -1.19. The molecular weight excluding hydrogens is 286 g/mol. The van der Waals surface area contributed by atoms with Crippen LogP contribution >= 0.6 is 0 Å². The van der Waals surface area contributed by atoms with Crippen molar-refractivity contribution in [2.45, 2.75) is 71.3 Å². The van der Waals surface area contributed by atoms with Gasteiger partial charge in [-0.05, 0) is 63.5 Å². The van der Waals surface area contributed by atoms with Crippen LogP contribution in [0.1, 0.15) is 74.2 Å². The quantitative estimate of drug-likeness (QED) is 0.566. The summed E-state index contributed by atoms with van der Waals surface area (Å²) in [7, 11) is 0. The van der Waals surface area contributed by atoms with E-state index in [0.29, 0.717) is 18.9 Å². The molecule has 0 fully saturated rings. The minimum atomic E-state index is -0.186. The zero-order valence-electron chi connectivity index (χ0n) is 14.8. The first-order valence-corrected chi connectivity index (χ1v) is 9.05. The van der Waals surface area contributed by atoms with Crippen molar-refractivity contribution in [1.82, 2.24) is 0 Å². The highest BCUT2D eigenvalue weighted by molar-refractivity contribution is 5.97. The monoisotopic (exact) mass is 319 g/mol. The maximum Gasteiger partial charge on any atom is 0.163 e. The molecule has 0 bridgehead atoms. The second-order valence-corrected chi connectivity index (χ2v) is 6.59. The molecule has 3 nitrogen and oxygen atoms in total. The Kier molecular flexibility index (Phi) is 9.81. The van der Waals surface area contributed by atoms with Crippen molar-refractivity contribution < 1.29 is 9.90 Å². The largest absolute Gasteiger partial charge is 0.393 e. The molecule has 0 radical (unpaired) electrons. The van der Waals surface area contributed by atoms with Gasteiger partial charge in [0.05, 0.1) is 6.10 Å². The summed E-state index contributed by atoms with van der Waals surface area (Å²) in [5.74, 6) is 0.761. The van der Waals surface area contributed by atoms with Crippen LogP contribution in [0.25, 0.3) is 0 Å². The second-order valence-electron chi connectivity index (χ2n) is 6.59. The Labute approximate surface area is 141 Å². The van der Waals surface area contributed by atoms with Gasteiger partial charge in [-0.3, -0.25) is 4.79 Å². The standard InChI is InChI=1S/C20H33NO2/c1-3-7-18(22)13-12-17(14-15-21)9-6-11-20(23)19-10-5-4-8-16(19)2/h4-5,8,10,17-18,22H,3,6-7,9,11-15,21H2,1-2H3. The minimum absolute atomic E-state index is 0.186. The summed E-state index contributed by atoms with van der Waals surface area (Å²) < 4.78 is 0. The van der Waals surface area contributed by atoms with Crippen LogP contribution in [0, 0.1) is 12.8 Å². The summed E-state index contributed by atoms with van der Waals surface area (Å²) in [5.41, 5.74) is 7.61. The first kappa shape index (κ1) is 19.9. The molecule has 2 atom stereocenters. The Morgan fingerprint density at radius 3 is 2.52 bits per heavy atom. The second kappa shape index (κ2) is 11.4. The summed E-state index contributed by atoms with van der Waals surface area (Å²) in [6.45, 7) is 4.76. The van der Waals surface area contributed by atoms with Gasteiger partial charge < -0.3 is 10.8 Å². The van der Waals surface area contributed by atoms with Crippen molar-refractivity contribution in [3.05, 3.63) is 35.4 Å². The number of aliphatic hydroxyl groups is 1. The van der Waals surface area contributed by atoms with Crippen LogP contribution in [0.5, 0.6) is 0 Å². The van der Waals surface area contributed by atoms with E-state index in [9.17, 15) is 9.90 Å². The molecule has 3 N–H and O–H groups in total. The van der Waals surface area contributed by atoms with E-state index in [1.165, 1.54) is 0 Å². The lowest BCUT2D eigenvalue weighted by Crippen LogP contribution is -2.14. The molecule has 0 aliphatic heterocycles. The van der Waals surface area contributed by atoms with Gasteiger partial charge in [-0.15, -0.1) is 0 Å². The molecular formula is C20H33NO2. The molecule has 1 aromatic rings. The fourth-order valence-electron chi connectivity index (χ4n) is 3.15. The topological polar surface area (TPSA) is 63.3 Å². The zero-order valence-corrected chi connectivity index (χ0v) is 14.8. The van der Waals surface area contributed by atoms with E-state index >= 15 is 0 Å². The highest BCUT2D eigenvalue weighted by Crippen LogP contribution is 2.21. The first-order chi connectivity index (χ1) is 11.1. The molecule has 1 aromatic carbocycles. The number of nitrogens with two attached hydrogens (primary N) is 1. The lowest BCUT2D eigenvalue weighted by Gasteiger charge is -2.18. The SMILES string of the molecule is CCCC(O)CCC(CCN)CCCC(=O)c1ccccc1C. The van der Waals surface area contributed by atoms with Crippen molar-refractivity contribution in [3.8, 4) is 0 Å². The number of hydrogen-bond donors (Lipinski definition) is 2. The molecule has 0 spiro atoms. The van der Waals surface area contributed by atoms with Crippen LogP contribution < -0.4 is 5.73 Å². The fraction of sp³-hybridized carbons (Fsp3) is 0.650. The van der Waals surface area contributed by atoms with Gasteiger partial charge in [-0.25, -0.2) is 0 Å². The molecule has 0 aromatic heterocycles. The number of rotatable bonds is 12. The van der Waals surface area contributed by atoms with Crippen molar-refractivity contribution in [1.29, 1.82) is 0 Å². The third-order valence-electron chi connectivity index (χ3n) is 4.57. The van der Waals surface area contributed by atoms with Crippen molar-refractivity contribution in [2.75, 3.05) is 6.54 Å². The summed E-state index contributed by atoms with van der Waals surface area (Å²) in [5, 5.41) is 9.87. The van der Waals surface area contributed by atoms with Crippen LogP contribution in [0.2, 0.25) is 0 Å². The highest BCUT2D eigenvalue weighted by atomic mass is 16.3. The van der Waals surface area contributed by atoms with E-state index in [4.69, 9.17) is 5.73 Å². The Morgan fingerprint density at radius 2 is 1.87 bits per heavy atom. The smallest absolute Gasteiger partial charge is 0.163 e. The van der Waals surface area contributed by atoms with Gasteiger partial charge in [0.15, 0.2) is 5.78 Å². The fourth-order valence-corrected chi connectivity index (χ4v) is 3.15. The highest BCUT2D eigenvalue weighted by Gasteiger charge is 2.13. The maximum atomic E-state index is 12.3. The van der Waals surface area contributed by atoms with Gasteiger partial charge in [0.25, 0.3) is 0 Å². The average Bonchev–Trinajstić information content (AvgIpc) is 2.53. The van der Waals surface area contributed by atoms with Gasteiger partial charge in [0.2, 0.25) is 0 Å². The van der Waals surface area contributed by atoms with Crippen LogP contribution in [-0.2, 0) is 0 Å². The molecule has 0 saturated heterocycles. The molecule has 0 aliphatic rings. The third-order valence-corrected chi connectivity index (χ3v) is 4.57. The van der Waals surface area contributed by atoms with E-state index in [1.54, 1.807) is 0 Å². The van der Waals surface area contributed by atoms with Gasteiger partial charge in [-0.2, -0.15) is 0 Å². The molecule has 0 aliphatic carbocycles. The van der Waals surface area contributed by atoms with Crippen LogP contribution in [0.3, 0.4) is 0 Å². The summed E-state index contributed by atoms with van der Waals surface area (Å²) in [4.78, 5) is 12.3. The van der Waals surface area contributed by atoms with Crippen molar-refractivity contribution in [3.63, 3.8) is 0 Å². The summed E-state index contributed by atoms with van der Waals surface area (Å²) >= 11 is 0. The maximum absolute atomic E-state index is 12.3. The van der Waals surface area contributed by atoms with E-state index in [-0.39, 0.29) is 11.9 Å². The number of carbonyl (C=O) groups is 1. The number of aryl methyl sites for hydroxylation is 1. The zero-order chi connectivity index (χ0) is 17.1. The molecule has 130 valence electrons. The lowest BCUT2D eigenvalue weighted by molar-refractivity contribution is 0.0975. The van der Waals surface area contributed by atoms with Crippen molar-refractivity contribution in [2.24, 2.45) is 11.7 Å². The van der Waals surface area contributed by atoms with Gasteiger partial charge in [-0.1, -0.05) is 37.6 Å². The molecule has 0 saturated carbocycles. The first-order valence-electron chi connectivity index (χ1n) is 9.05. The van der Waals surface area contributed by atoms with Crippen molar-refractivity contribution >= 4 is 5.78 Å². The molecule has 0 amide bonds. The number of carbonyl (C=O) groups excluding carboxylic acids is 1. The number of hydrogen-bond acceptors (Lipinski definition) is 3. The predicted octanol–water partition coefficient (Wildman–Crippen LogP) is 4.25. The minimum Gasteiger partial charge on any atom is -0.393 e. The van der Waals surface area contributed by atoms with E-state index in [1.807, 2.05) is 31.2 Å². The van der Waals surface area contributed by atoms with Gasteiger partial charge in [0.1, 0.15) is 0 Å². The average molecular weight is 319 g/mol. The van der Waals surface area contributed by atoms with E-state index < -0.39 is 0 Å². The molecule has 23 heavy (non-hydrogen) atoms. The lowest BCUT2D eigenvalue weighted by atomic mass is 9.90. The van der Waals surface area contributed by atoms with E-state index in [2.05, 4.69) is 6.92 Å². The third kappa shape index (κ3) is 7.76. The van der Waals surface area contributed by atoms with E-state index in [0.717, 1.165) is 56.1 Å². The molecule has 1 rings (SSSR count).